The maximum Gasteiger partial charge on any atom is 0.237 e. The largest absolute Gasteiger partial charge is 0.330 e. The van der Waals surface area contributed by atoms with Crippen LogP contribution in [0.15, 0.2) is 0 Å². The van der Waals surface area contributed by atoms with Gasteiger partial charge >= 0.3 is 0 Å². The van der Waals surface area contributed by atoms with Crippen molar-refractivity contribution < 1.29 is 4.79 Å². The van der Waals surface area contributed by atoms with Crippen molar-refractivity contribution in [1.29, 1.82) is 0 Å². The monoisotopic (exact) mass is 201 g/mol. The van der Waals surface area contributed by atoms with Gasteiger partial charge in [0.25, 0.3) is 0 Å². The molecule has 0 spiro atoms. The van der Waals surface area contributed by atoms with E-state index in [1.54, 1.807) is 5.01 Å². The lowest BCUT2D eigenvalue weighted by atomic mass is 10.3. The highest BCUT2D eigenvalue weighted by Crippen LogP contribution is 2.00. The number of hydrogen-bond donors (Lipinski definition) is 1. The van der Waals surface area contributed by atoms with E-state index in [2.05, 4.69) is 18.9 Å². The zero-order valence-electron chi connectivity index (χ0n) is 9.62. The van der Waals surface area contributed by atoms with Gasteiger partial charge in [-0.3, -0.25) is 9.80 Å². The van der Waals surface area contributed by atoms with E-state index in [-0.39, 0.29) is 5.91 Å². The van der Waals surface area contributed by atoms with Crippen molar-refractivity contribution in [3.8, 4) is 0 Å². The SMILES string of the molecule is CCCN(CCC)N(C)C(=O)CCN. The first-order chi connectivity index (χ1) is 6.67. The second kappa shape index (κ2) is 7.76. The topological polar surface area (TPSA) is 49.6 Å². The van der Waals surface area contributed by atoms with Crippen LogP contribution in [0.3, 0.4) is 0 Å². The molecule has 0 radical (unpaired) electrons. The summed E-state index contributed by atoms with van der Waals surface area (Å²) in [5, 5.41) is 3.79. The summed E-state index contributed by atoms with van der Waals surface area (Å²) in [4.78, 5) is 11.5. The average Bonchev–Trinajstić information content (AvgIpc) is 2.17. The van der Waals surface area contributed by atoms with Crippen molar-refractivity contribution in [3.05, 3.63) is 0 Å². The van der Waals surface area contributed by atoms with Gasteiger partial charge in [0.15, 0.2) is 0 Å². The van der Waals surface area contributed by atoms with Crippen LogP contribution in [0, 0.1) is 0 Å². The fourth-order valence-electron chi connectivity index (χ4n) is 1.37. The Labute approximate surface area is 87.0 Å². The molecular formula is C10H23N3O. The van der Waals surface area contributed by atoms with Crippen LogP contribution in [-0.2, 0) is 4.79 Å². The molecule has 0 aliphatic rings. The van der Waals surface area contributed by atoms with E-state index in [0.717, 1.165) is 25.9 Å². The third-order valence-corrected chi connectivity index (χ3v) is 2.11. The van der Waals surface area contributed by atoms with Crippen LogP contribution >= 0.6 is 0 Å². The summed E-state index contributed by atoms with van der Waals surface area (Å²) in [7, 11) is 1.82. The van der Waals surface area contributed by atoms with Gasteiger partial charge < -0.3 is 5.73 Å². The maximum atomic E-state index is 11.5. The second-order valence-corrected chi connectivity index (χ2v) is 3.41. The summed E-state index contributed by atoms with van der Waals surface area (Å²) in [6.45, 7) is 6.52. The molecule has 0 aromatic carbocycles. The van der Waals surface area contributed by atoms with Gasteiger partial charge in [-0.15, -0.1) is 0 Å². The van der Waals surface area contributed by atoms with E-state index >= 15 is 0 Å². The molecule has 0 aliphatic carbocycles. The summed E-state index contributed by atoms with van der Waals surface area (Å²) < 4.78 is 0. The minimum Gasteiger partial charge on any atom is -0.330 e. The van der Waals surface area contributed by atoms with Gasteiger partial charge in [-0.2, -0.15) is 0 Å². The second-order valence-electron chi connectivity index (χ2n) is 3.41. The lowest BCUT2D eigenvalue weighted by molar-refractivity contribution is -0.145. The lowest BCUT2D eigenvalue weighted by Crippen LogP contribution is -2.45. The summed E-state index contributed by atoms with van der Waals surface area (Å²) in [6, 6.07) is 0. The molecule has 4 heteroatoms. The van der Waals surface area contributed by atoms with Crippen LogP contribution in [0.4, 0.5) is 0 Å². The Hall–Kier alpha value is -0.610. The fraction of sp³-hybridized carbons (Fsp3) is 0.900. The van der Waals surface area contributed by atoms with E-state index in [9.17, 15) is 4.79 Å². The quantitative estimate of drug-likeness (QED) is 0.621. The molecule has 4 nitrogen and oxygen atoms in total. The van der Waals surface area contributed by atoms with E-state index in [1.165, 1.54) is 0 Å². The smallest absolute Gasteiger partial charge is 0.237 e. The zero-order chi connectivity index (χ0) is 11.0. The first-order valence-electron chi connectivity index (χ1n) is 5.38. The molecule has 84 valence electrons. The minimum atomic E-state index is 0.106. The average molecular weight is 201 g/mol. The van der Waals surface area contributed by atoms with Crippen molar-refractivity contribution in [2.75, 3.05) is 26.7 Å². The van der Waals surface area contributed by atoms with Gasteiger partial charge in [0.2, 0.25) is 5.91 Å². The van der Waals surface area contributed by atoms with Gasteiger partial charge in [-0.25, -0.2) is 5.01 Å². The molecular weight excluding hydrogens is 178 g/mol. The van der Waals surface area contributed by atoms with Crippen molar-refractivity contribution in [1.82, 2.24) is 10.0 Å². The molecule has 0 saturated carbocycles. The number of carbonyl (C=O) groups excluding carboxylic acids is 1. The highest BCUT2D eigenvalue weighted by molar-refractivity contribution is 5.75. The third kappa shape index (κ3) is 4.58. The molecule has 0 fully saturated rings. The molecule has 14 heavy (non-hydrogen) atoms. The summed E-state index contributed by atoms with van der Waals surface area (Å²) >= 11 is 0. The lowest BCUT2D eigenvalue weighted by Gasteiger charge is -2.31. The van der Waals surface area contributed by atoms with Crippen LogP contribution in [0.25, 0.3) is 0 Å². The molecule has 0 atom stereocenters. The number of nitrogens with zero attached hydrogens (tertiary/aromatic N) is 2. The number of nitrogens with two attached hydrogens (primary N) is 1. The Morgan fingerprint density at radius 1 is 1.21 bits per heavy atom. The first-order valence-corrected chi connectivity index (χ1v) is 5.38. The Bertz CT molecular complexity index is 155. The van der Waals surface area contributed by atoms with E-state index < -0.39 is 0 Å². The Kier molecular flexibility index (Phi) is 7.42. The van der Waals surface area contributed by atoms with Gasteiger partial charge in [-0.1, -0.05) is 13.8 Å². The van der Waals surface area contributed by atoms with Gasteiger partial charge in [0.1, 0.15) is 0 Å². The van der Waals surface area contributed by atoms with Crippen molar-refractivity contribution in [2.24, 2.45) is 5.73 Å². The summed E-state index contributed by atoms with van der Waals surface area (Å²) in [6.07, 6.45) is 2.54. The maximum absolute atomic E-state index is 11.5. The molecule has 0 heterocycles. The molecule has 0 aromatic heterocycles. The molecule has 0 aromatic rings. The molecule has 2 N–H and O–H groups in total. The van der Waals surface area contributed by atoms with Crippen molar-refractivity contribution in [2.45, 2.75) is 33.1 Å². The Morgan fingerprint density at radius 3 is 2.07 bits per heavy atom. The van der Waals surface area contributed by atoms with Crippen molar-refractivity contribution in [3.63, 3.8) is 0 Å². The fourth-order valence-corrected chi connectivity index (χ4v) is 1.37. The number of hydrazine groups is 1. The first kappa shape index (κ1) is 13.4. The highest BCUT2D eigenvalue weighted by Gasteiger charge is 2.14. The zero-order valence-corrected chi connectivity index (χ0v) is 9.62. The Morgan fingerprint density at radius 2 is 1.71 bits per heavy atom. The van der Waals surface area contributed by atoms with E-state index in [1.807, 2.05) is 7.05 Å². The number of rotatable bonds is 7. The van der Waals surface area contributed by atoms with Crippen molar-refractivity contribution >= 4 is 5.91 Å². The van der Waals surface area contributed by atoms with Crippen LogP contribution in [0.5, 0.6) is 0 Å². The van der Waals surface area contributed by atoms with E-state index in [0.29, 0.717) is 13.0 Å². The van der Waals surface area contributed by atoms with Crippen LogP contribution < -0.4 is 5.73 Å². The number of amides is 1. The standard InChI is InChI=1S/C10H23N3O/c1-4-8-13(9-5-2)12(3)10(14)6-7-11/h4-9,11H2,1-3H3. The van der Waals surface area contributed by atoms with Gasteiger partial charge in [0.05, 0.1) is 0 Å². The molecule has 0 aliphatic heterocycles. The summed E-state index contributed by atoms with van der Waals surface area (Å²) in [5.41, 5.74) is 5.35. The van der Waals surface area contributed by atoms with Crippen LogP contribution in [0.1, 0.15) is 33.1 Å². The minimum absolute atomic E-state index is 0.106. The molecule has 1 amide bonds. The number of hydrogen-bond acceptors (Lipinski definition) is 3. The molecule has 0 rings (SSSR count). The normalized spacial score (nSPS) is 10.6. The van der Waals surface area contributed by atoms with Gasteiger partial charge in [-0.05, 0) is 12.8 Å². The third-order valence-electron chi connectivity index (χ3n) is 2.11. The predicted molar refractivity (Wildman–Crippen MR) is 58.6 cm³/mol. The number of carbonyl (C=O) groups is 1. The van der Waals surface area contributed by atoms with Gasteiger partial charge in [0, 0.05) is 33.1 Å². The molecule has 0 unspecified atom stereocenters. The highest BCUT2D eigenvalue weighted by atomic mass is 16.2. The Balaban J connectivity index is 4.11. The van der Waals surface area contributed by atoms with Crippen LogP contribution in [0.2, 0.25) is 0 Å². The predicted octanol–water partition coefficient (Wildman–Crippen LogP) is 0.831. The van der Waals surface area contributed by atoms with Crippen LogP contribution in [-0.4, -0.2) is 42.6 Å². The van der Waals surface area contributed by atoms with E-state index in [4.69, 9.17) is 5.73 Å². The molecule has 0 bridgehead atoms. The summed E-state index contributed by atoms with van der Waals surface area (Å²) in [5.74, 6) is 0.106. The molecule has 0 saturated heterocycles.